The number of ketones is 1. The number of hydrogen-bond acceptors (Lipinski definition) is 3. The van der Waals surface area contributed by atoms with Crippen LogP contribution in [0.1, 0.15) is 38.8 Å². The van der Waals surface area contributed by atoms with E-state index in [2.05, 4.69) is 11.4 Å². The zero-order chi connectivity index (χ0) is 18.2. The van der Waals surface area contributed by atoms with Crippen LogP contribution in [-0.4, -0.2) is 28.9 Å². The molecule has 0 bridgehead atoms. The Morgan fingerprint density at radius 3 is 2.28 bits per heavy atom. The fraction of sp³-hybridized carbons (Fsp3) is 0.150. The lowest BCUT2D eigenvalue weighted by Crippen LogP contribution is -2.22. The molecular weight excluding hydrogens is 316 g/mol. The monoisotopic (exact) mass is 334 g/mol. The molecule has 5 nitrogen and oxygen atoms in total. The molecule has 126 valence electrons. The van der Waals surface area contributed by atoms with Crippen LogP contribution in [-0.2, 0) is 11.2 Å². The number of esters is 1. The standard InChI is InChI=1S/C20H18N2O3/c1-3-9-14-10-5-6-11-15(14)18(22-21)19(23)16-12-7-8-13-17(16)20(24)25-4-2/h3,5-8,10-13H,1,4,9H2,2H3. The molecule has 0 heterocycles. The van der Waals surface area contributed by atoms with Crippen molar-refractivity contribution in [3.63, 3.8) is 0 Å². The first-order valence-corrected chi connectivity index (χ1v) is 7.86. The third kappa shape index (κ3) is 3.97. The van der Waals surface area contributed by atoms with Crippen molar-refractivity contribution in [1.82, 2.24) is 0 Å². The molecule has 0 N–H and O–H groups in total. The zero-order valence-corrected chi connectivity index (χ0v) is 13.9. The van der Waals surface area contributed by atoms with Gasteiger partial charge in [-0.15, -0.1) is 6.58 Å². The normalized spacial score (nSPS) is 9.80. The highest BCUT2D eigenvalue weighted by Gasteiger charge is 2.29. The van der Waals surface area contributed by atoms with Crippen LogP contribution >= 0.6 is 0 Å². The zero-order valence-electron chi connectivity index (χ0n) is 13.9. The second-order valence-electron chi connectivity index (χ2n) is 5.19. The highest BCUT2D eigenvalue weighted by Crippen LogP contribution is 2.17. The van der Waals surface area contributed by atoms with E-state index < -0.39 is 11.8 Å². The van der Waals surface area contributed by atoms with Gasteiger partial charge in [0.2, 0.25) is 0 Å². The first-order valence-electron chi connectivity index (χ1n) is 7.86. The summed E-state index contributed by atoms with van der Waals surface area (Å²) in [5.74, 6) is -1.15. The molecule has 5 heteroatoms. The van der Waals surface area contributed by atoms with E-state index in [-0.39, 0.29) is 23.4 Å². The summed E-state index contributed by atoms with van der Waals surface area (Å²) < 4.78 is 4.99. The maximum Gasteiger partial charge on any atom is 0.370 e. The lowest BCUT2D eigenvalue weighted by molar-refractivity contribution is -0.00503. The number of carbonyl (C=O) groups excluding carboxylic acids is 2. The molecule has 0 amide bonds. The van der Waals surface area contributed by atoms with E-state index in [1.54, 1.807) is 37.3 Å². The number of hydrogen-bond donors (Lipinski definition) is 0. The lowest BCUT2D eigenvalue weighted by Gasteiger charge is -2.07. The Morgan fingerprint density at radius 1 is 1.08 bits per heavy atom. The van der Waals surface area contributed by atoms with Gasteiger partial charge in [0.15, 0.2) is 0 Å². The molecule has 0 saturated carbocycles. The molecule has 0 atom stereocenters. The molecule has 0 radical (unpaired) electrons. The highest BCUT2D eigenvalue weighted by molar-refractivity contribution is 6.50. The van der Waals surface area contributed by atoms with Crippen molar-refractivity contribution in [1.29, 1.82) is 0 Å². The Labute approximate surface area is 146 Å². The van der Waals surface area contributed by atoms with Gasteiger partial charge in [0, 0.05) is 5.56 Å². The predicted molar refractivity (Wildman–Crippen MR) is 94.8 cm³/mol. The number of benzene rings is 2. The molecule has 0 spiro atoms. The first kappa shape index (κ1) is 18.0. The number of Topliss-reactive ketones (excluding diaryl/α,β-unsaturated/α-hetero) is 1. The number of nitrogens with zero attached hydrogens (tertiary/aromatic N) is 2. The van der Waals surface area contributed by atoms with Gasteiger partial charge in [0.05, 0.1) is 17.7 Å². The van der Waals surface area contributed by atoms with Gasteiger partial charge in [-0.3, -0.25) is 4.79 Å². The lowest BCUT2D eigenvalue weighted by atomic mass is 9.93. The van der Waals surface area contributed by atoms with Gasteiger partial charge >= 0.3 is 11.7 Å². The smallest absolute Gasteiger partial charge is 0.370 e. The van der Waals surface area contributed by atoms with Gasteiger partial charge in [-0.2, -0.15) is 4.79 Å². The van der Waals surface area contributed by atoms with Crippen LogP contribution in [0.15, 0.2) is 61.2 Å². The number of rotatable bonds is 7. The third-order valence-electron chi connectivity index (χ3n) is 3.62. The molecule has 0 fully saturated rings. The molecule has 0 aromatic heterocycles. The van der Waals surface area contributed by atoms with Gasteiger partial charge in [-0.1, -0.05) is 36.4 Å². The molecule has 0 aliphatic rings. The van der Waals surface area contributed by atoms with Crippen LogP contribution in [0, 0.1) is 0 Å². The minimum Gasteiger partial charge on any atom is -0.462 e. The van der Waals surface area contributed by atoms with Crippen molar-refractivity contribution < 1.29 is 19.1 Å². The quantitative estimate of drug-likeness (QED) is 0.194. The molecular formula is C20H18N2O3. The minimum atomic E-state index is -0.594. The summed E-state index contributed by atoms with van der Waals surface area (Å²) in [6.45, 7) is 5.58. The van der Waals surface area contributed by atoms with Crippen molar-refractivity contribution in [2.45, 2.75) is 13.3 Å². The largest absolute Gasteiger partial charge is 0.462 e. The predicted octanol–water partition coefficient (Wildman–Crippen LogP) is 3.49. The summed E-state index contributed by atoms with van der Waals surface area (Å²) in [7, 11) is 0. The number of ether oxygens (including phenoxy) is 1. The number of carbonyl (C=O) groups is 2. The Morgan fingerprint density at radius 2 is 1.68 bits per heavy atom. The Kier molecular flexibility index (Phi) is 6.15. The van der Waals surface area contributed by atoms with Crippen LogP contribution in [0.4, 0.5) is 0 Å². The van der Waals surface area contributed by atoms with Crippen LogP contribution < -0.4 is 0 Å². The Hall–Kier alpha value is -3.30. The molecule has 0 aliphatic carbocycles. The third-order valence-corrected chi connectivity index (χ3v) is 3.62. The molecule has 0 unspecified atom stereocenters. The summed E-state index contributed by atoms with van der Waals surface area (Å²) in [5, 5.41) is 0. The van der Waals surface area contributed by atoms with Crippen molar-refractivity contribution in [2.75, 3.05) is 6.61 Å². The van der Waals surface area contributed by atoms with Crippen molar-refractivity contribution in [2.24, 2.45) is 0 Å². The van der Waals surface area contributed by atoms with Gasteiger partial charge in [0.1, 0.15) is 0 Å². The van der Waals surface area contributed by atoms with Crippen molar-refractivity contribution in [3.05, 3.63) is 89.0 Å². The second kappa shape index (κ2) is 8.52. The topological polar surface area (TPSA) is 79.8 Å². The van der Waals surface area contributed by atoms with Gasteiger partial charge in [-0.05, 0) is 37.1 Å². The molecule has 2 aromatic rings. The summed E-state index contributed by atoms with van der Waals surface area (Å²) in [5.41, 5.74) is 10.9. The number of allylic oxidation sites excluding steroid dienone is 1. The molecule has 25 heavy (non-hydrogen) atoms. The summed E-state index contributed by atoms with van der Waals surface area (Å²) in [6.07, 6.45) is 2.22. The molecule has 0 aliphatic heterocycles. The van der Waals surface area contributed by atoms with Crippen LogP contribution in [0.5, 0.6) is 0 Å². The van der Waals surface area contributed by atoms with Gasteiger partial charge in [-0.25, -0.2) is 4.79 Å². The molecule has 2 aromatic carbocycles. The second-order valence-corrected chi connectivity index (χ2v) is 5.19. The fourth-order valence-corrected chi connectivity index (χ4v) is 2.50. The van der Waals surface area contributed by atoms with Gasteiger partial charge < -0.3 is 10.3 Å². The van der Waals surface area contributed by atoms with E-state index in [0.29, 0.717) is 12.0 Å². The SMILES string of the molecule is C=CCc1ccccc1C(=[N+]=[N-])C(=O)c1ccccc1C(=O)OCC. The fourth-order valence-electron chi connectivity index (χ4n) is 2.50. The van der Waals surface area contributed by atoms with E-state index in [9.17, 15) is 15.1 Å². The summed E-state index contributed by atoms with van der Waals surface area (Å²) in [6, 6.07) is 13.4. The molecule has 0 saturated heterocycles. The van der Waals surface area contributed by atoms with Gasteiger partial charge in [0.25, 0.3) is 5.78 Å². The maximum atomic E-state index is 12.9. The summed E-state index contributed by atoms with van der Waals surface area (Å²) >= 11 is 0. The van der Waals surface area contributed by atoms with Crippen LogP contribution in [0.25, 0.3) is 5.53 Å². The minimum absolute atomic E-state index is 0.127. The van der Waals surface area contributed by atoms with E-state index in [0.717, 1.165) is 5.56 Å². The Bertz CT molecular complexity index is 865. The van der Waals surface area contributed by atoms with E-state index >= 15 is 0 Å². The Balaban J connectivity index is 2.52. The molecule has 2 rings (SSSR count). The van der Waals surface area contributed by atoms with E-state index in [1.807, 2.05) is 12.1 Å². The van der Waals surface area contributed by atoms with Crippen molar-refractivity contribution in [3.8, 4) is 0 Å². The maximum absolute atomic E-state index is 12.9. The average molecular weight is 334 g/mol. The van der Waals surface area contributed by atoms with Crippen LogP contribution in [0.2, 0.25) is 0 Å². The summed E-state index contributed by atoms with van der Waals surface area (Å²) in [4.78, 5) is 28.2. The van der Waals surface area contributed by atoms with E-state index in [4.69, 9.17) is 4.74 Å². The highest BCUT2D eigenvalue weighted by atomic mass is 16.5. The van der Waals surface area contributed by atoms with Crippen LogP contribution in [0.3, 0.4) is 0 Å². The van der Waals surface area contributed by atoms with Crippen molar-refractivity contribution >= 4 is 17.5 Å². The van der Waals surface area contributed by atoms with E-state index in [1.165, 1.54) is 12.1 Å². The first-order chi connectivity index (χ1) is 12.1. The average Bonchev–Trinajstić information content (AvgIpc) is 2.64.